The SMILES string of the molecule is CC(C)C1CCC(O[Si](OCCOc2ccccc2)(OCCOc2ccccc2)OCCOc2ccccc2)CC1. The Bertz CT molecular complexity index is 961. The van der Waals surface area contributed by atoms with Crippen molar-refractivity contribution in [2.75, 3.05) is 39.6 Å². The van der Waals surface area contributed by atoms with Gasteiger partial charge in [0.05, 0.1) is 25.9 Å². The summed E-state index contributed by atoms with van der Waals surface area (Å²) in [6, 6.07) is 29.0. The molecule has 0 saturated heterocycles. The molecular formula is C33H44O7Si. The van der Waals surface area contributed by atoms with Crippen molar-refractivity contribution in [2.24, 2.45) is 11.8 Å². The second-order valence-electron chi connectivity index (χ2n) is 10.4. The molecule has 4 rings (SSSR count). The van der Waals surface area contributed by atoms with Crippen molar-refractivity contribution in [1.82, 2.24) is 0 Å². The van der Waals surface area contributed by atoms with Crippen molar-refractivity contribution in [3.05, 3.63) is 91.0 Å². The standard InChI is InChI=1S/C33H44O7Si/c1-28(2)29-18-20-33(21-19-29)40-41(37-25-22-34-30-12-6-3-7-13-30,38-26-23-35-31-14-8-4-9-15-31)39-27-24-36-32-16-10-5-11-17-32/h3-17,28-29,33H,18-27H2,1-2H3. The number of rotatable bonds is 18. The fraction of sp³-hybridized carbons (Fsp3) is 0.455. The summed E-state index contributed by atoms with van der Waals surface area (Å²) in [5.74, 6) is 3.73. The highest BCUT2D eigenvalue weighted by atomic mass is 28.4. The van der Waals surface area contributed by atoms with Crippen molar-refractivity contribution < 1.29 is 31.9 Å². The van der Waals surface area contributed by atoms with E-state index in [4.69, 9.17) is 31.9 Å². The van der Waals surface area contributed by atoms with Gasteiger partial charge < -0.3 is 31.9 Å². The average molecular weight is 581 g/mol. The van der Waals surface area contributed by atoms with E-state index in [0.29, 0.717) is 31.7 Å². The maximum absolute atomic E-state index is 6.67. The summed E-state index contributed by atoms with van der Waals surface area (Å²) in [4.78, 5) is 0. The van der Waals surface area contributed by atoms with Crippen LogP contribution in [0.25, 0.3) is 0 Å². The maximum atomic E-state index is 6.67. The minimum Gasteiger partial charge on any atom is -0.491 e. The zero-order valence-electron chi connectivity index (χ0n) is 24.3. The first-order chi connectivity index (χ1) is 20.1. The van der Waals surface area contributed by atoms with Crippen LogP contribution in [0.15, 0.2) is 91.0 Å². The lowest BCUT2D eigenvalue weighted by Gasteiger charge is -2.36. The lowest BCUT2D eigenvalue weighted by Crippen LogP contribution is -2.53. The van der Waals surface area contributed by atoms with Crippen molar-refractivity contribution in [2.45, 2.75) is 45.6 Å². The highest BCUT2D eigenvalue weighted by Crippen LogP contribution is 2.33. The molecule has 0 amide bonds. The lowest BCUT2D eigenvalue weighted by molar-refractivity contribution is -0.0749. The van der Waals surface area contributed by atoms with Crippen LogP contribution in [0.1, 0.15) is 39.5 Å². The molecule has 0 aliphatic heterocycles. The first kappa shape index (κ1) is 31.1. The van der Waals surface area contributed by atoms with E-state index in [1.54, 1.807) is 0 Å². The van der Waals surface area contributed by atoms with Crippen LogP contribution in [0.3, 0.4) is 0 Å². The summed E-state index contributed by atoms with van der Waals surface area (Å²) in [7, 11) is -3.59. The van der Waals surface area contributed by atoms with Gasteiger partial charge >= 0.3 is 9.05 Å². The Kier molecular flexibility index (Phi) is 13.0. The Labute approximate surface area is 246 Å². The third-order valence-electron chi connectivity index (χ3n) is 7.09. The van der Waals surface area contributed by atoms with E-state index in [1.165, 1.54) is 0 Å². The smallest absolute Gasteiger partial charge is 0.491 e. The number of hydrogen-bond donors (Lipinski definition) is 0. The fourth-order valence-electron chi connectivity index (χ4n) is 4.83. The highest BCUT2D eigenvalue weighted by molar-refractivity contribution is 6.53. The van der Waals surface area contributed by atoms with Gasteiger partial charge in [0.1, 0.15) is 37.1 Å². The quantitative estimate of drug-likeness (QED) is 0.119. The largest absolute Gasteiger partial charge is 0.680 e. The van der Waals surface area contributed by atoms with E-state index in [0.717, 1.165) is 42.9 Å². The molecule has 3 aromatic carbocycles. The van der Waals surface area contributed by atoms with Crippen LogP contribution in [0.2, 0.25) is 0 Å². The van der Waals surface area contributed by atoms with Gasteiger partial charge in [-0.05, 0) is 73.9 Å². The number of para-hydroxylation sites is 3. The van der Waals surface area contributed by atoms with Crippen molar-refractivity contribution >= 4 is 9.05 Å². The molecule has 0 N–H and O–H groups in total. The Morgan fingerprint density at radius 3 is 1.24 bits per heavy atom. The average Bonchev–Trinajstić information content (AvgIpc) is 3.01. The summed E-state index contributed by atoms with van der Waals surface area (Å²) >= 11 is 0. The van der Waals surface area contributed by atoms with E-state index in [9.17, 15) is 0 Å². The van der Waals surface area contributed by atoms with E-state index in [1.807, 2.05) is 91.0 Å². The first-order valence-electron chi connectivity index (χ1n) is 14.7. The second kappa shape index (κ2) is 17.2. The van der Waals surface area contributed by atoms with Gasteiger partial charge in [0.2, 0.25) is 0 Å². The predicted octanol–water partition coefficient (Wildman–Crippen LogP) is 6.94. The molecule has 0 bridgehead atoms. The molecule has 1 aliphatic rings. The van der Waals surface area contributed by atoms with E-state index in [2.05, 4.69) is 13.8 Å². The van der Waals surface area contributed by atoms with Crippen LogP contribution < -0.4 is 14.2 Å². The molecule has 222 valence electrons. The van der Waals surface area contributed by atoms with Gasteiger partial charge in [-0.15, -0.1) is 0 Å². The second-order valence-corrected chi connectivity index (χ2v) is 12.5. The fourth-order valence-corrected chi connectivity index (χ4v) is 6.93. The van der Waals surface area contributed by atoms with E-state index >= 15 is 0 Å². The van der Waals surface area contributed by atoms with Gasteiger partial charge in [-0.3, -0.25) is 0 Å². The van der Waals surface area contributed by atoms with E-state index < -0.39 is 9.05 Å². The van der Waals surface area contributed by atoms with Crippen LogP contribution in [-0.2, 0) is 17.7 Å². The Morgan fingerprint density at radius 1 is 0.537 bits per heavy atom. The molecule has 3 aromatic rings. The summed E-state index contributed by atoms with van der Waals surface area (Å²) in [5.41, 5.74) is 0. The zero-order chi connectivity index (χ0) is 28.6. The first-order valence-corrected chi connectivity index (χ1v) is 16.4. The van der Waals surface area contributed by atoms with Gasteiger partial charge in [0.15, 0.2) is 0 Å². The molecular weight excluding hydrogens is 536 g/mol. The molecule has 0 spiro atoms. The lowest BCUT2D eigenvalue weighted by atomic mass is 9.81. The molecule has 1 fully saturated rings. The van der Waals surface area contributed by atoms with Crippen molar-refractivity contribution in [3.8, 4) is 17.2 Å². The van der Waals surface area contributed by atoms with Gasteiger partial charge in [-0.1, -0.05) is 68.4 Å². The molecule has 0 heterocycles. The minimum atomic E-state index is -3.59. The molecule has 0 radical (unpaired) electrons. The van der Waals surface area contributed by atoms with E-state index in [-0.39, 0.29) is 25.9 Å². The summed E-state index contributed by atoms with van der Waals surface area (Å²) in [6.45, 7) is 6.42. The van der Waals surface area contributed by atoms with Crippen LogP contribution in [0.4, 0.5) is 0 Å². The number of hydrogen-bond acceptors (Lipinski definition) is 7. The Hall–Kier alpha value is -2.88. The third-order valence-corrected chi connectivity index (χ3v) is 9.39. The molecule has 0 atom stereocenters. The maximum Gasteiger partial charge on any atom is 0.680 e. The summed E-state index contributed by atoms with van der Waals surface area (Å²) < 4.78 is 43.4. The summed E-state index contributed by atoms with van der Waals surface area (Å²) in [5, 5.41) is 0. The van der Waals surface area contributed by atoms with Crippen LogP contribution >= 0.6 is 0 Å². The summed E-state index contributed by atoms with van der Waals surface area (Å²) in [6.07, 6.45) is 4.16. The van der Waals surface area contributed by atoms with Gasteiger partial charge in [0, 0.05) is 0 Å². The van der Waals surface area contributed by atoms with Crippen LogP contribution in [-0.4, -0.2) is 54.8 Å². The molecule has 41 heavy (non-hydrogen) atoms. The Morgan fingerprint density at radius 2 is 0.902 bits per heavy atom. The minimum absolute atomic E-state index is 0.0109. The molecule has 0 aromatic heterocycles. The molecule has 1 saturated carbocycles. The third kappa shape index (κ3) is 11.1. The van der Waals surface area contributed by atoms with Crippen LogP contribution in [0.5, 0.6) is 17.2 Å². The molecule has 7 nitrogen and oxygen atoms in total. The van der Waals surface area contributed by atoms with Crippen molar-refractivity contribution in [1.29, 1.82) is 0 Å². The van der Waals surface area contributed by atoms with Crippen LogP contribution in [0, 0.1) is 11.8 Å². The van der Waals surface area contributed by atoms with Gasteiger partial charge in [-0.25, -0.2) is 0 Å². The van der Waals surface area contributed by atoms with Crippen molar-refractivity contribution in [3.63, 3.8) is 0 Å². The topological polar surface area (TPSA) is 64.6 Å². The number of benzene rings is 3. The van der Waals surface area contributed by atoms with Gasteiger partial charge in [-0.2, -0.15) is 0 Å². The molecule has 1 aliphatic carbocycles. The Balaban J connectivity index is 1.40. The normalized spacial score (nSPS) is 17.3. The predicted molar refractivity (Wildman–Crippen MR) is 161 cm³/mol. The van der Waals surface area contributed by atoms with Gasteiger partial charge in [0.25, 0.3) is 0 Å². The number of ether oxygens (including phenoxy) is 3. The molecule has 0 unspecified atom stereocenters. The highest BCUT2D eigenvalue weighted by Gasteiger charge is 2.48. The zero-order valence-corrected chi connectivity index (χ0v) is 25.3. The molecule has 8 heteroatoms. The monoisotopic (exact) mass is 580 g/mol.